The zero-order valence-corrected chi connectivity index (χ0v) is 15.7. The van der Waals surface area contributed by atoms with Crippen LogP contribution in [0, 0.1) is 17.8 Å². The van der Waals surface area contributed by atoms with E-state index in [9.17, 15) is 14.4 Å². The normalized spacial score (nSPS) is 35.0. The maximum absolute atomic E-state index is 12.2. The Morgan fingerprint density at radius 3 is 2.37 bits per heavy atom. The predicted molar refractivity (Wildman–Crippen MR) is 97.3 cm³/mol. The fraction of sp³-hybridized carbons (Fsp3) is 0.476. The Kier molecular flexibility index (Phi) is 4.84. The van der Waals surface area contributed by atoms with E-state index in [0.29, 0.717) is 18.4 Å². The highest BCUT2D eigenvalue weighted by Crippen LogP contribution is 2.53. The van der Waals surface area contributed by atoms with Crippen molar-refractivity contribution in [1.82, 2.24) is 0 Å². The Morgan fingerprint density at radius 2 is 1.78 bits per heavy atom. The second-order valence-corrected chi connectivity index (χ2v) is 7.55. The van der Waals surface area contributed by atoms with Gasteiger partial charge in [0.15, 0.2) is 0 Å². The molecule has 144 valence electrons. The molecule has 0 amide bonds. The van der Waals surface area contributed by atoms with Gasteiger partial charge in [0.25, 0.3) is 0 Å². The topological polar surface area (TPSA) is 78.9 Å². The fourth-order valence-electron chi connectivity index (χ4n) is 4.42. The van der Waals surface area contributed by atoms with E-state index in [1.807, 2.05) is 0 Å². The molecule has 0 radical (unpaired) electrons. The molecule has 3 fully saturated rings. The standard InChI is InChI=1S/C21H24O6/c1-9(2)20(23)26-16-7-10(3)14-8-15(25-13(6)22)11(4)17(14)19-18(16)12(5)21(24)27-19/h14-19H,1,3-5,7-8H2,2,6H3/t14-,15-,16-,17-,18+,19+/m0/s1. The van der Waals surface area contributed by atoms with Crippen molar-refractivity contribution in [3.05, 3.63) is 48.6 Å². The molecule has 2 saturated carbocycles. The molecule has 6 nitrogen and oxygen atoms in total. The van der Waals surface area contributed by atoms with Crippen molar-refractivity contribution >= 4 is 17.9 Å². The Labute approximate surface area is 158 Å². The number of fused-ring (bicyclic) bond motifs is 3. The summed E-state index contributed by atoms with van der Waals surface area (Å²) in [6.07, 6.45) is -0.744. The fourth-order valence-corrected chi connectivity index (χ4v) is 4.42. The molecule has 0 aromatic heterocycles. The molecule has 27 heavy (non-hydrogen) atoms. The van der Waals surface area contributed by atoms with Crippen molar-refractivity contribution in [2.45, 2.75) is 45.0 Å². The van der Waals surface area contributed by atoms with Crippen molar-refractivity contribution in [3.63, 3.8) is 0 Å². The first-order chi connectivity index (χ1) is 12.6. The van der Waals surface area contributed by atoms with Gasteiger partial charge in [-0.05, 0) is 24.8 Å². The molecular formula is C21H24O6. The van der Waals surface area contributed by atoms with Crippen molar-refractivity contribution < 1.29 is 28.6 Å². The molecule has 3 aliphatic rings. The van der Waals surface area contributed by atoms with Gasteiger partial charge in [-0.2, -0.15) is 0 Å². The van der Waals surface area contributed by atoms with Gasteiger partial charge in [-0.25, -0.2) is 9.59 Å². The van der Waals surface area contributed by atoms with E-state index in [1.165, 1.54) is 6.92 Å². The molecule has 6 atom stereocenters. The molecule has 0 aromatic carbocycles. The van der Waals surface area contributed by atoms with E-state index in [2.05, 4.69) is 26.3 Å². The van der Waals surface area contributed by atoms with E-state index in [4.69, 9.17) is 14.2 Å². The van der Waals surface area contributed by atoms with Crippen LogP contribution in [0.4, 0.5) is 0 Å². The summed E-state index contributed by atoms with van der Waals surface area (Å²) in [7, 11) is 0. The van der Waals surface area contributed by atoms with E-state index >= 15 is 0 Å². The molecule has 1 heterocycles. The highest BCUT2D eigenvalue weighted by atomic mass is 16.6. The highest BCUT2D eigenvalue weighted by molar-refractivity contribution is 5.91. The molecule has 0 N–H and O–H groups in total. The largest absolute Gasteiger partial charge is 0.458 e. The Bertz CT molecular complexity index is 776. The first-order valence-electron chi connectivity index (χ1n) is 8.91. The minimum absolute atomic E-state index is 0.0819. The lowest BCUT2D eigenvalue weighted by Gasteiger charge is -2.28. The second-order valence-electron chi connectivity index (χ2n) is 7.55. The molecule has 0 unspecified atom stereocenters. The smallest absolute Gasteiger partial charge is 0.334 e. The van der Waals surface area contributed by atoms with Crippen LogP contribution in [0.25, 0.3) is 0 Å². The Balaban J connectivity index is 1.96. The lowest BCUT2D eigenvalue weighted by Crippen LogP contribution is -2.36. The Hall–Kier alpha value is -2.63. The SMILES string of the molecule is C=C(C)C(=O)O[C@H]1CC(=C)[C@@H]2C[C@H](OC(C)=O)C(=C)[C@@H]2[C@H]2OC(=O)C(=C)[C@@H]21. The van der Waals surface area contributed by atoms with Gasteiger partial charge in [-0.3, -0.25) is 4.79 Å². The van der Waals surface area contributed by atoms with Crippen LogP contribution in [-0.4, -0.2) is 36.2 Å². The van der Waals surface area contributed by atoms with Gasteiger partial charge in [-0.15, -0.1) is 0 Å². The number of hydrogen-bond acceptors (Lipinski definition) is 6. The summed E-state index contributed by atoms with van der Waals surface area (Å²) in [5.74, 6) is -2.26. The third kappa shape index (κ3) is 3.24. The van der Waals surface area contributed by atoms with Crippen molar-refractivity contribution in [2.24, 2.45) is 17.8 Å². The van der Waals surface area contributed by atoms with Crippen molar-refractivity contribution in [1.29, 1.82) is 0 Å². The summed E-state index contributed by atoms with van der Waals surface area (Å²) in [6.45, 7) is 18.7. The van der Waals surface area contributed by atoms with Gasteiger partial charge in [-0.1, -0.05) is 31.9 Å². The van der Waals surface area contributed by atoms with Crippen LogP contribution in [0.2, 0.25) is 0 Å². The van der Waals surface area contributed by atoms with E-state index < -0.39 is 36.2 Å². The molecule has 3 rings (SSSR count). The third-order valence-electron chi connectivity index (χ3n) is 5.66. The van der Waals surface area contributed by atoms with Crippen LogP contribution in [-0.2, 0) is 28.6 Å². The third-order valence-corrected chi connectivity index (χ3v) is 5.66. The van der Waals surface area contributed by atoms with Crippen molar-refractivity contribution in [3.8, 4) is 0 Å². The van der Waals surface area contributed by atoms with Crippen LogP contribution in [0.1, 0.15) is 26.7 Å². The molecule has 2 aliphatic carbocycles. The summed E-state index contributed by atoms with van der Waals surface area (Å²) in [5, 5.41) is 0. The number of hydrogen-bond donors (Lipinski definition) is 0. The molecule has 6 heteroatoms. The summed E-state index contributed by atoms with van der Waals surface area (Å²) in [4.78, 5) is 35.8. The lowest BCUT2D eigenvalue weighted by atomic mass is 9.81. The number of rotatable bonds is 3. The van der Waals surface area contributed by atoms with Gasteiger partial charge in [0.1, 0.15) is 18.3 Å². The van der Waals surface area contributed by atoms with E-state index in [0.717, 1.165) is 5.57 Å². The number of carbonyl (C=O) groups is 3. The molecule has 0 aromatic rings. The van der Waals surface area contributed by atoms with Crippen LogP contribution in [0.5, 0.6) is 0 Å². The summed E-state index contributed by atoms with van der Waals surface area (Å²) >= 11 is 0. The van der Waals surface area contributed by atoms with Crippen LogP contribution in [0.3, 0.4) is 0 Å². The average molecular weight is 372 g/mol. The number of esters is 3. The van der Waals surface area contributed by atoms with Crippen LogP contribution in [0.15, 0.2) is 48.6 Å². The average Bonchev–Trinajstić information content (AvgIpc) is 3.00. The molecule has 0 spiro atoms. The maximum Gasteiger partial charge on any atom is 0.334 e. The van der Waals surface area contributed by atoms with E-state index in [1.54, 1.807) is 6.92 Å². The zero-order valence-electron chi connectivity index (χ0n) is 15.7. The molecule has 0 bridgehead atoms. The number of carbonyl (C=O) groups excluding carboxylic acids is 3. The zero-order chi connectivity index (χ0) is 20.0. The lowest BCUT2D eigenvalue weighted by molar-refractivity contribution is -0.149. The summed E-state index contributed by atoms with van der Waals surface area (Å²) in [5.41, 5.74) is 2.10. The summed E-state index contributed by atoms with van der Waals surface area (Å²) in [6, 6.07) is 0. The van der Waals surface area contributed by atoms with Crippen LogP contribution < -0.4 is 0 Å². The first-order valence-corrected chi connectivity index (χ1v) is 8.91. The minimum atomic E-state index is -0.615. The Morgan fingerprint density at radius 1 is 1.11 bits per heavy atom. The number of ether oxygens (including phenoxy) is 3. The predicted octanol–water partition coefficient (Wildman–Crippen LogP) is 2.66. The second kappa shape index (κ2) is 6.83. The maximum atomic E-state index is 12.2. The van der Waals surface area contributed by atoms with Crippen molar-refractivity contribution in [2.75, 3.05) is 0 Å². The molecule has 1 saturated heterocycles. The molecule has 1 aliphatic heterocycles. The van der Waals surface area contributed by atoms with Gasteiger partial charge in [0.2, 0.25) is 0 Å². The van der Waals surface area contributed by atoms with Gasteiger partial charge < -0.3 is 14.2 Å². The quantitative estimate of drug-likeness (QED) is 0.328. The minimum Gasteiger partial charge on any atom is -0.458 e. The van der Waals surface area contributed by atoms with Gasteiger partial charge >= 0.3 is 17.9 Å². The highest BCUT2D eigenvalue weighted by Gasteiger charge is 2.57. The molecular weight excluding hydrogens is 348 g/mol. The monoisotopic (exact) mass is 372 g/mol. The van der Waals surface area contributed by atoms with Crippen LogP contribution >= 0.6 is 0 Å². The van der Waals surface area contributed by atoms with E-state index in [-0.39, 0.29) is 29.0 Å². The first kappa shape index (κ1) is 19.1. The van der Waals surface area contributed by atoms with Gasteiger partial charge in [0.05, 0.1) is 5.92 Å². The summed E-state index contributed by atoms with van der Waals surface area (Å²) < 4.78 is 16.6. The van der Waals surface area contributed by atoms with Gasteiger partial charge in [0, 0.05) is 30.4 Å².